The Bertz CT molecular complexity index is 875. The molecular weight excluding hydrogens is 354 g/mol. The molecule has 3 nitrogen and oxygen atoms in total. The number of hydrogen-bond acceptors (Lipinski definition) is 3. The van der Waals surface area contributed by atoms with Gasteiger partial charge in [0.1, 0.15) is 12.4 Å². The smallest absolute Gasteiger partial charge is 0.255 e. The number of amides is 1. The maximum absolute atomic E-state index is 12.4. The van der Waals surface area contributed by atoms with Crippen LogP contribution in [0.15, 0.2) is 96.4 Å². The van der Waals surface area contributed by atoms with Crippen LogP contribution in [0.5, 0.6) is 5.75 Å². The summed E-state index contributed by atoms with van der Waals surface area (Å²) in [6.45, 7) is 4.06. The second kappa shape index (κ2) is 9.64. The van der Waals surface area contributed by atoms with Gasteiger partial charge in [-0.25, -0.2) is 0 Å². The third kappa shape index (κ3) is 5.76. The topological polar surface area (TPSA) is 38.3 Å². The zero-order valence-corrected chi connectivity index (χ0v) is 15.7. The summed E-state index contributed by atoms with van der Waals surface area (Å²) in [5, 5.41) is 2.92. The average Bonchev–Trinajstić information content (AvgIpc) is 2.73. The Balaban J connectivity index is 1.54. The van der Waals surface area contributed by atoms with Gasteiger partial charge in [-0.3, -0.25) is 4.79 Å². The Morgan fingerprint density at radius 1 is 0.963 bits per heavy atom. The highest BCUT2D eigenvalue weighted by Gasteiger charge is 2.06. The molecule has 27 heavy (non-hydrogen) atoms. The lowest BCUT2D eigenvalue weighted by atomic mass is 10.2. The summed E-state index contributed by atoms with van der Waals surface area (Å²) in [6.07, 6.45) is 1.68. The van der Waals surface area contributed by atoms with Gasteiger partial charge < -0.3 is 10.1 Å². The summed E-state index contributed by atoms with van der Waals surface area (Å²) in [5.41, 5.74) is 2.58. The van der Waals surface area contributed by atoms with E-state index in [9.17, 15) is 4.79 Å². The number of nitrogens with one attached hydrogen (secondary N) is 1. The van der Waals surface area contributed by atoms with Crippen LogP contribution >= 0.6 is 11.8 Å². The number of thioether (sulfide) groups is 1. The molecule has 3 aromatic carbocycles. The van der Waals surface area contributed by atoms with E-state index in [0.717, 1.165) is 11.4 Å². The van der Waals surface area contributed by atoms with Crippen molar-refractivity contribution in [3.05, 3.63) is 103 Å². The number of anilines is 1. The predicted octanol–water partition coefficient (Wildman–Crippen LogP) is 5.80. The second-order valence-electron chi connectivity index (χ2n) is 5.88. The molecule has 0 saturated carbocycles. The Labute approximate surface area is 164 Å². The highest BCUT2D eigenvalue weighted by atomic mass is 32.2. The molecule has 0 radical (unpaired) electrons. The molecule has 0 aromatic heterocycles. The molecule has 0 bridgehead atoms. The molecule has 1 amide bonds. The first kappa shape index (κ1) is 18.8. The molecule has 0 fully saturated rings. The molecular formula is C23H21NO2S. The Morgan fingerprint density at radius 2 is 1.67 bits per heavy atom. The van der Waals surface area contributed by atoms with E-state index in [-0.39, 0.29) is 5.91 Å². The minimum Gasteiger partial charge on any atom is -0.490 e. The summed E-state index contributed by atoms with van der Waals surface area (Å²) >= 11 is 1.79. The van der Waals surface area contributed by atoms with Crippen molar-refractivity contribution in [1.29, 1.82) is 0 Å². The van der Waals surface area contributed by atoms with Gasteiger partial charge in [0.25, 0.3) is 5.91 Å². The molecule has 0 unspecified atom stereocenters. The summed E-state index contributed by atoms with van der Waals surface area (Å²) in [7, 11) is 0. The van der Waals surface area contributed by atoms with E-state index >= 15 is 0 Å². The molecule has 3 rings (SSSR count). The van der Waals surface area contributed by atoms with Crippen molar-refractivity contribution in [2.24, 2.45) is 0 Å². The van der Waals surface area contributed by atoms with Gasteiger partial charge in [0.2, 0.25) is 0 Å². The number of rotatable bonds is 8. The molecule has 0 saturated heterocycles. The molecule has 4 heteroatoms. The van der Waals surface area contributed by atoms with E-state index in [0.29, 0.717) is 17.9 Å². The van der Waals surface area contributed by atoms with Crippen molar-refractivity contribution >= 4 is 23.4 Å². The third-order valence-electron chi connectivity index (χ3n) is 3.84. The van der Waals surface area contributed by atoms with Crippen LogP contribution in [0.4, 0.5) is 5.69 Å². The van der Waals surface area contributed by atoms with E-state index in [4.69, 9.17) is 4.74 Å². The van der Waals surface area contributed by atoms with Gasteiger partial charge in [0.05, 0.1) is 0 Å². The van der Waals surface area contributed by atoms with Crippen LogP contribution in [0.2, 0.25) is 0 Å². The monoisotopic (exact) mass is 375 g/mol. The third-order valence-corrected chi connectivity index (χ3v) is 4.93. The lowest BCUT2D eigenvalue weighted by Gasteiger charge is -2.08. The summed E-state index contributed by atoms with van der Waals surface area (Å²) < 4.78 is 5.42. The first-order chi connectivity index (χ1) is 13.2. The number of carbonyl (C=O) groups excluding carboxylic acids is 1. The molecule has 0 aliphatic rings. The van der Waals surface area contributed by atoms with Crippen LogP contribution in [-0.4, -0.2) is 12.5 Å². The highest BCUT2D eigenvalue weighted by molar-refractivity contribution is 7.98. The fourth-order valence-corrected chi connectivity index (χ4v) is 3.30. The van der Waals surface area contributed by atoms with Gasteiger partial charge in [-0.1, -0.05) is 43.0 Å². The standard InChI is InChI=1S/C23H21NO2S/c1-2-16-26-21-14-10-19(11-15-21)23(25)24-20-12-8-18(9-13-20)17-27-22-6-4-3-5-7-22/h2-15H,1,16-17H2,(H,24,25). The Kier molecular flexibility index (Phi) is 6.72. The van der Waals surface area contributed by atoms with Crippen molar-refractivity contribution in [2.75, 3.05) is 11.9 Å². The van der Waals surface area contributed by atoms with Gasteiger partial charge in [-0.2, -0.15) is 0 Å². The van der Waals surface area contributed by atoms with Crippen LogP contribution in [0.25, 0.3) is 0 Å². The van der Waals surface area contributed by atoms with Gasteiger partial charge in [0, 0.05) is 21.9 Å². The summed E-state index contributed by atoms with van der Waals surface area (Å²) in [6, 6.07) is 25.3. The molecule has 1 N–H and O–H groups in total. The minimum absolute atomic E-state index is 0.142. The van der Waals surface area contributed by atoms with E-state index < -0.39 is 0 Å². The Hall–Kier alpha value is -2.98. The maximum atomic E-state index is 12.4. The van der Waals surface area contributed by atoms with E-state index in [2.05, 4.69) is 24.0 Å². The quantitative estimate of drug-likeness (QED) is 0.400. The normalized spacial score (nSPS) is 10.2. The van der Waals surface area contributed by atoms with Crippen LogP contribution < -0.4 is 10.1 Å². The fraction of sp³-hybridized carbons (Fsp3) is 0.0870. The van der Waals surface area contributed by atoms with E-state index in [1.807, 2.05) is 42.5 Å². The average molecular weight is 375 g/mol. The van der Waals surface area contributed by atoms with Crippen LogP contribution in [0.3, 0.4) is 0 Å². The molecule has 136 valence electrons. The molecule has 0 spiro atoms. The van der Waals surface area contributed by atoms with Crippen molar-refractivity contribution in [3.63, 3.8) is 0 Å². The van der Waals surface area contributed by atoms with Crippen molar-refractivity contribution in [1.82, 2.24) is 0 Å². The predicted molar refractivity (Wildman–Crippen MR) is 113 cm³/mol. The minimum atomic E-state index is -0.142. The van der Waals surface area contributed by atoms with Crippen LogP contribution in [0, 0.1) is 0 Å². The second-order valence-corrected chi connectivity index (χ2v) is 6.93. The van der Waals surface area contributed by atoms with Crippen molar-refractivity contribution < 1.29 is 9.53 Å². The Morgan fingerprint density at radius 3 is 2.33 bits per heavy atom. The van der Waals surface area contributed by atoms with Gasteiger partial charge in [0.15, 0.2) is 0 Å². The molecule has 3 aromatic rings. The largest absolute Gasteiger partial charge is 0.490 e. The lowest BCUT2D eigenvalue weighted by molar-refractivity contribution is 0.102. The SMILES string of the molecule is C=CCOc1ccc(C(=O)Nc2ccc(CSc3ccccc3)cc2)cc1. The van der Waals surface area contributed by atoms with E-state index in [1.165, 1.54) is 10.5 Å². The van der Waals surface area contributed by atoms with Gasteiger partial charge in [-0.05, 0) is 54.1 Å². The number of ether oxygens (including phenoxy) is 1. The first-order valence-corrected chi connectivity index (χ1v) is 9.65. The zero-order chi connectivity index (χ0) is 18.9. The summed E-state index contributed by atoms with van der Waals surface area (Å²) in [4.78, 5) is 13.6. The molecule has 0 heterocycles. The van der Waals surface area contributed by atoms with Crippen molar-refractivity contribution in [2.45, 2.75) is 10.6 Å². The maximum Gasteiger partial charge on any atom is 0.255 e. The van der Waals surface area contributed by atoms with Crippen LogP contribution in [-0.2, 0) is 5.75 Å². The van der Waals surface area contributed by atoms with Crippen LogP contribution in [0.1, 0.15) is 15.9 Å². The lowest BCUT2D eigenvalue weighted by Crippen LogP contribution is -2.11. The molecule has 0 aliphatic carbocycles. The first-order valence-electron chi connectivity index (χ1n) is 8.66. The highest BCUT2D eigenvalue weighted by Crippen LogP contribution is 2.23. The number of hydrogen-bond donors (Lipinski definition) is 1. The number of benzene rings is 3. The van der Waals surface area contributed by atoms with Crippen molar-refractivity contribution in [3.8, 4) is 5.75 Å². The molecule has 0 aliphatic heterocycles. The van der Waals surface area contributed by atoms with E-state index in [1.54, 1.807) is 42.1 Å². The van der Waals surface area contributed by atoms with Gasteiger partial charge >= 0.3 is 0 Å². The fourth-order valence-electron chi connectivity index (χ4n) is 2.43. The summed E-state index contributed by atoms with van der Waals surface area (Å²) in [5.74, 6) is 1.47. The van der Waals surface area contributed by atoms with Gasteiger partial charge in [-0.15, -0.1) is 11.8 Å². The number of carbonyl (C=O) groups is 1. The zero-order valence-electron chi connectivity index (χ0n) is 14.9. The molecule has 0 atom stereocenters.